The van der Waals surface area contributed by atoms with Gasteiger partial charge in [-0.2, -0.15) is 0 Å². The van der Waals surface area contributed by atoms with Crippen molar-refractivity contribution in [2.75, 3.05) is 12.0 Å². The average molecular weight is 363 g/mol. The monoisotopic (exact) mass is 362 g/mol. The van der Waals surface area contributed by atoms with Crippen LogP contribution < -0.4 is 15.4 Å². The van der Waals surface area contributed by atoms with Crippen LogP contribution in [-0.2, 0) is 0 Å². The lowest BCUT2D eigenvalue weighted by Crippen LogP contribution is -2.32. The van der Waals surface area contributed by atoms with Gasteiger partial charge in [-0.3, -0.25) is 0 Å². The van der Waals surface area contributed by atoms with Gasteiger partial charge in [-0.05, 0) is 61.7 Å². The van der Waals surface area contributed by atoms with Crippen LogP contribution in [0.15, 0.2) is 40.9 Å². The normalized spacial score (nSPS) is 10.2. The minimum absolute atomic E-state index is 0.117. The number of hydrogen-bond donors (Lipinski definition) is 2. The van der Waals surface area contributed by atoms with Crippen LogP contribution in [0.5, 0.6) is 5.75 Å². The van der Waals surface area contributed by atoms with Crippen LogP contribution in [0.1, 0.15) is 16.7 Å². The van der Waals surface area contributed by atoms with Crippen LogP contribution in [0.2, 0.25) is 0 Å². The van der Waals surface area contributed by atoms with Crippen LogP contribution in [0, 0.1) is 20.8 Å². The Bertz CT molecular complexity index is 686. The summed E-state index contributed by atoms with van der Waals surface area (Å²) in [5.41, 5.74) is 3.99. The van der Waals surface area contributed by atoms with Crippen molar-refractivity contribution in [1.29, 1.82) is 0 Å². The van der Waals surface area contributed by atoms with E-state index in [4.69, 9.17) is 4.74 Å². The van der Waals surface area contributed by atoms with Crippen molar-refractivity contribution in [3.8, 4) is 5.75 Å². The van der Waals surface area contributed by atoms with E-state index in [1.807, 2.05) is 57.2 Å². The number of hydrogen-bond acceptors (Lipinski definition) is 2. The molecule has 0 aliphatic carbocycles. The molecule has 0 saturated heterocycles. The fraction of sp³-hybridized carbons (Fsp3) is 0.235. The number of urea groups is 1. The highest BCUT2D eigenvalue weighted by Gasteiger charge is 2.06. The number of nitrogens with one attached hydrogen (secondary N) is 2. The summed E-state index contributed by atoms with van der Waals surface area (Å²) in [4.78, 5) is 11.9. The molecular weight excluding hydrogens is 344 g/mol. The van der Waals surface area contributed by atoms with E-state index in [1.165, 1.54) is 0 Å². The van der Waals surface area contributed by atoms with Gasteiger partial charge in [0.2, 0.25) is 0 Å². The van der Waals surface area contributed by atoms with Crippen molar-refractivity contribution in [2.45, 2.75) is 20.8 Å². The van der Waals surface area contributed by atoms with Gasteiger partial charge in [0.25, 0.3) is 0 Å². The Labute approximate surface area is 139 Å². The van der Waals surface area contributed by atoms with Gasteiger partial charge < -0.3 is 15.4 Å². The zero-order chi connectivity index (χ0) is 16.1. The highest BCUT2D eigenvalue weighted by molar-refractivity contribution is 9.10. The molecule has 116 valence electrons. The van der Waals surface area contributed by atoms with Gasteiger partial charge in [0.05, 0.1) is 0 Å². The first-order chi connectivity index (χ1) is 10.5. The van der Waals surface area contributed by atoms with Crippen LogP contribution in [0.3, 0.4) is 0 Å². The van der Waals surface area contributed by atoms with Gasteiger partial charge in [0.15, 0.2) is 6.73 Å². The van der Waals surface area contributed by atoms with E-state index in [-0.39, 0.29) is 12.8 Å². The summed E-state index contributed by atoms with van der Waals surface area (Å²) in [6.45, 7) is 6.08. The van der Waals surface area contributed by atoms with Gasteiger partial charge >= 0.3 is 6.03 Å². The summed E-state index contributed by atoms with van der Waals surface area (Å²) in [6, 6.07) is 11.2. The van der Waals surface area contributed by atoms with E-state index in [1.54, 1.807) is 0 Å². The van der Waals surface area contributed by atoms with Crippen molar-refractivity contribution < 1.29 is 9.53 Å². The predicted octanol–water partition coefficient (Wildman–Crippen LogP) is 4.53. The Kier molecular flexibility index (Phi) is 5.44. The molecule has 0 fully saturated rings. The van der Waals surface area contributed by atoms with E-state index in [2.05, 4.69) is 26.6 Å². The van der Waals surface area contributed by atoms with Gasteiger partial charge in [-0.15, -0.1) is 0 Å². The number of aryl methyl sites for hydroxylation is 2. The molecule has 22 heavy (non-hydrogen) atoms. The SMILES string of the molecule is Cc1cc(Br)ccc1NC(=O)NCOc1cccc(C)c1C. The molecule has 0 heterocycles. The first-order valence-electron chi connectivity index (χ1n) is 6.97. The Morgan fingerprint density at radius 2 is 1.91 bits per heavy atom. The van der Waals surface area contributed by atoms with Crippen LogP contribution in [0.25, 0.3) is 0 Å². The number of rotatable bonds is 4. The maximum atomic E-state index is 11.9. The highest BCUT2D eigenvalue weighted by atomic mass is 79.9. The molecule has 0 bridgehead atoms. The molecule has 4 nitrogen and oxygen atoms in total. The Morgan fingerprint density at radius 1 is 1.14 bits per heavy atom. The maximum Gasteiger partial charge on any atom is 0.321 e. The third-order valence-corrected chi connectivity index (χ3v) is 3.95. The number of carbonyl (C=O) groups excluding carboxylic acids is 1. The summed E-state index contributed by atoms with van der Waals surface area (Å²) in [5, 5.41) is 5.48. The van der Waals surface area contributed by atoms with E-state index < -0.39 is 0 Å². The Balaban J connectivity index is 1.87. The smallest absolute Gasteiger partial charge is 0.321 e. The summed E-state index contributed by atoms with van der Waals surface area (Å²) in [6.07, 6.45) is 0. The molecule has 0 aromatic heterocycles. The van der Waals surface area contributed by atoms with Crippen molar-refractivity contribution in [3.05, 3.63) is 57.6 Å². The number of amides is 2. The van der Waals surface area contributed by atoms with E-state index in [0.29, 0.717) is 0 Å². The molecule has 2 N–H and O–H groups in total. The molecule has 0 atom stereocenters. The van der Waals surface area contributed by atoms with Crippen LogP contribution >= 0.6 is 15.9 Å². The van der Waals surface area contributed by atoms with Gasteiger partial charge in [-0.25, -0.2) is 4.79 Å². The first-order valence-corrected chi connectivity index (χ1v) is 7.76. The molecule has 0 spiro atoms. The molecule has 5 heteroatoms. The highest BCUT2D eigenvalue weighted by Crippen LogP contribution is 2.21. The second-order valence-corrected chi connectivity index (χ2v) is 5.99. The predicted molar refractivity (Wildman–Crippen MR) is 92.4 cm³/mol. The number of halogens is 1. The maximum absolute atomic E-state index is 11.9. The minimum atomic E-state index is -0.296. The molecule has 0 radical (unpaired) electrons. The summed E-state index contributed by atoms with van der Waals surface area (Å²) < 4.78 is 6.58. The Hall–Kier alpha value is -2.01. The zero-order valence-corrected chi connectivity index (χ0v) is 14.5. The fourth-order valence-corrected chi connectivity index (χ4v) is 2.47. The molecule has 2 rings (SSSR count). The number of anilines is 1. The van der Waals surface area contributed by atoms with E-state index in [9.17, 15) is 4.79 Å². The lowest BCUT2D eigenvalue weighted by molar-refractivity contribution is 0.234. The standard InChI is InChI=1S/C17H19BrN2O2/c1-11-5-4-6-16(13(11)3)22-10-19-17(21)20-15-8-7-14(18)9-12(15)2/h4-9H,10H2,1-3H3,(H2,19,20,21). The molecule has 2 amide bonds. The van der Waals surface area contributed by atoms with Gasteiger partial charge in [-0.1, -0.05) is 28.1 Å². The van der Waals surface area contributed by atoms with Crippen molar-refractivity contribution in [1.82, 2.24) is 5.32 Å². The second-order valence-electron chi connectivity index (χ2n) is 5.08. The topological polar surface area (TPSA) is 50.4 Å². The summed E-state index contributed by atoms with van der Waals surface area (Å²) in [7, 11) is 0. The van der Waals surface area contributed by atoms with E-state index in [0.717, 1.165) is 32.6 Å². The average Bonchev–Trinajstić information content (AvgIpc) is 2.46. The lowest BCUT2D eigenvalue weighted by atomic mass is 10.1. The minimum Gasteiger partial charge on any atom is -0.473 e. The molecular formula is C17H19BrN2O2. The van der Waals surface area contributed by atoms with Crippen LogP contribution in [-0.4, -0.2) is 12.8 Å². The first kappa shape index (κ1) is 16.4. The Morgan fingerprint density at radius 3 is 2.64 bits per heavy atom. The third kappa shape index (κ3) is 4.24. The van der Waals surface area contributed by atoms with Gasteiger partial charge in [0, 0.05) is 10.2 Å². The van der Waals surface area contributed by atoms with E-state index >= 15 is 0 Å². The summed E-state index contributed by atoms with van der Waals surface area (Å²) in [5.74, 6) is 0.778. The lowest BCUT2D eigenvalue weighted by Gasteiger charge is -2.13. The fourth-order valence-electron chi connectivity index (χ4n) is 1.99. The second kappa shape index (κ2) is 7.31. The molecule has 0 aliphatic rings. The number of ether oxygens (including phenoxy) is 1. The van der Waals surface area contributed by atoms with Gasteiger partial charge in [0.1, 0.15) is 5.75 Å². The number of benzene rings is 2. The molecule has 0 aliphatic heterocycles. The third-order valence-electron chi connectivity index (χ3n) is 3.45. The van der Waals surface area contributed by atoms with Crippen molar-refractivity contribution in [3.63, 3.8) is 0 Å². The number of carbonyl (C=O) groups is 1. The zero-order valence-electron chi connectivity index (χ0n) is 12.9. The molecule has 2 aromatic carbocycles. The summed E-state index contributed by atoms with van der Waals surface area (Å²) >= 11 is 3.39. The quantitative estimate of drug-likeness (QED) is 0.784. The molecule has 2 aromatic rings. The van der Waals surface area contributed by atoms with Crippen molar-refractivity contribution in [2.24, 2.45) is 0 Å². The molecule has 0 unspecified atom stereocenters. The van der Waals surface area contributed by atoms with Crippen molar-refractivity contribution >= 4 is 27.6 Å². The largest absolute Gasteiger partial charge is 0.473 e. The molecule has 0 saturated carbocycles. The van der Waals surface area contributed by atoms with Crippen LogP contribution in [0.4, 0.5) is 10.5 Å².